The van der Waals surface area contributed by atoms with Crippen molar-refractivity contribution in [2.45, 2.75) is 71.4 Å². The van der Waals surface area contributed by atoms with E-state index in [-0.39, 0.29) is 30.5 Å². The van der Waals surface area contributed by atoms with Crippen LogP contribution in [-0.2, 0) is 9.53 Å². The number of nitrogens with zero attached hydrogens (tertiary/aromatic N) is 3. The van der Waals surface area contributed by atoms with Gasteiger partial charge in [0.25, 0.3) is 5.91 Å². The molecule has 1 N–H and O–H groups in total. The molecule has 0 bridgehead atoms. The number of ether oxygens (including phenoxy) is 1. The second-order valence-electron chi connectivity index (χ2n) is 7.79. The number of esters is 1. The molecule has 0 saturated heterocycles. The molecule has 2 aromatic rings. The maximum atomic E-state index is 12.7. The van der Waals surface area contributed by atoms with Crippen molar-refractivity contribution in [2.75, 3.05) is 6.61 Å². The van der Waals surface area contributed by atoms with Crippen molar-refractivity contribution in [3.63, 3.8) is 0 Å². The fourth-order valence-electron chi connectivity index (χ4n) is 3.43. The molecular weight excluding hydrogens is 344 g/mol. The highest BCUT2D eigenvalue weighted by molar-refractivity contribution is 6.03. The molecule has 0 aliphatic heterocycles. The summed E-state index contributed by atoms with van der Waals surface area (Å²) in [6.45, 7) is 7.81. The van der Waals surface area contributed by atoms with Crippen molar-refractivity contribution in [3.05, 3.63) is 23.5 Å². The van der Waals surface area contributed by atoms with E-state index in [0.717, 1.165) is 31.4 Å². The van der Waals surface area contributed by atoms with E-state index in [1.165, 1.54) is 0 Å². The van der Waals surface area contributed by atoms with Crippen molar-refractivity contribution >= 4 is 22.9 Å². The number of carbonyl (C=O) groups is 2. The second-order valence-corrected chi connectivity index (χ2v) is 7.79. The highest BCUT2D eigenvalue weighted by Gasteiger charge is 2.22. The van der Waals surface area contributed by atoms with E-state index in [4.69, 9.17) is 4.74 Å². The Bertz CT molecular complexity index is 835. The van der Waals surface area contributed by atoms with Gasteiger partial charge >= 0.3 is 5.97 Å². The molecule has 1 fully saturated rings. The minimum Gasteiger partial charge on any atom is -0.452 e. The lowest BCUT2D eigenvalue weighted by Gasteiger charge is -2.13. The monoisotopic (exact) mass is 372 g/mol. The number of carbonyl (C=O) groups excluding carboxylic acids is 2. The van der Waals surface area contributed by atoms with Gasteiger partial charge in [0.05, 0.1) is 17.1 Å². The van der Waals surface area contributed by atoms with Gasteiger partial charge in [-0.05, 0) is 38.7 Å². The summed E-state index contributed by atoms with van der Waals surface area (Å²) in [4.78, 5) is 29.4. The van der Waals surface area contributed by atoms with Gasteiger partial charge in [0.2, 0.25) is 0 Å². The first-order chi connectivity index (χ1) is 12.9. The molecule has 0 radical (unpaired) electrons. The first kappa shape index (κ1) is 19.3. The van der Waals surface area contributed by atoms with Crippen LogP contribution in [0.2, 0.25) is 0 Å². The lowest BCUT2D eigenvalue weighted by atomic mass is 10.1. The molecule has 1 amide bonds. The van der Waals surface area contributed by atoms with Gasteiger partial charge in [0.15, 0.2) is 12.3 Å². The van der Waals surface area contributed by atoms with Gasteiger partial charge in [-0.15, -0.1) is 0 Å². The van der Waals surface area contributed by atoms with Crippen LogP contribution < -0.4 is 5.32 Å². The molecule has 2 aromatic heterocycles. The number of amides is 1. The minimum absolute atomic E-state index is 0.124. The van der Waals surface area contributed by atoms with Gasteiger partial charge in [-0.3, -0.25) is 4.79 Å². The van der Waals surface area contributed by atoms with E-state index in [9.17, 15) is 9.59 Å². The van der Waals surface area contributed by atoms with Gasteiger partial charge in [-0.1, -0.05) is 26.7 Å². The third kappa shape index (κ3) is 4.28. The molecule has 7 nitrogen and oxygen atoms in total. The van der Waals surface area contributed by atoms with Crippen molar-refractivity contribution in [3.8, 4) is 0 Å². The van der Waals surface area contributed by atoms with Crippen LogP contribution >= 0.6 is 0 Å². The second kappa shape index (κ2) is 8.06. The van der Waals surface area contributed by atoms with E-state index in [1.807, 2.05) is 27.7 Å². The van der Waals surface area contributed by atoms with Crippen LogP contribution in [0.5, 0.6) is 0 Å². The van der Waals surface area contributed by atoms with E-state index >= 15 is 0 Å². The SMILES string of the molecule is CC(C)c1cc(C(=O)OCC(=O)NC2CCCC2)c2cnn(C(C)C)c2n1. The van der Waals surface area contributed by atoms with Crippen LogP contribution in [0.25, 0.3) is 11.0 Å². The van der Waals surface area contributed by atoms with Crippen LogP contribution in [0.4, 0.5) is 0 Å². The Hall–Kier alpha value is -2.44. The molecule has 3 rings (SSSR count). The molecule has 0 aromatic carbocycles. The zero-order valence-corrected chi connectivity index (χ0v) is 16.5. The van der Waals surface area contributed by atoms with Gasteiger partial charge in [0.1, 0.15) is 0 Å². The number of pyridine rings is 1. The molecule has 27 heavy (non-hydrogen) atoms. The van der Waals surface area contributed by atoms with Crippen LogP contribution in [0.3, 0.4) is 0 Å². The van der Waals surface area contributed by atoms with Crippen LogP contribution in [0, 0.1) is 0 Å². The zero-order chi connectivity index (χ0) is 19.6. The van der Waals surface area contributed by atoms with Crippen LogP contribution in [0.15, 0.2) is 12.3 Å². The van der Waals surface area contributed by atoms with Gasteiger partial charge in [-0.25, -0.2) is 14.5 Å². The molecule has 2 heterocycles. The number of fused-ring (bicyclic) bond motifs is 1. The standard InChI is InChI=1S/C20H28N4O3/c1-12(2)17-9-15(16-10-21-24(13(3)4)19(16)23-17)20(26)27-11-18(25)22-14-7-5-6-8-14/h9-10,12-14H,5-8,11H2,1-4H3,(H,22,25). The Kier molecular flexibility index (Phi) is 5.77. The Morgan fingerprint density at radius 1 is 1.26 bits per heavy atom. The summed E-state index contributed by atoms with van der Waals surface area (Å²) >= 11 is 0. The third-order valence-electron chi connectivity index (χ3n) is 4.94. The van der Waals surface area contributed by atoms with Crippen molar-refractivity contribution in [1.82, 2.24) is 20.1 Å². The summed E-state index contributed by atoms with van der Waals surface area (Å²) in [5.74, 6) is -0.612. The largest absolute Gasteiger partial charge is 0.452 e. The maximum Gasteiger partial charge on any atom is 0.339 e. The predicted octanol–water partition coefficient (Wildman–Crippen LogP) is 3.35. The summed E-state index contributed by atoms with van der Waals surface area (Å²) in [5.41, 5.74) is 1.87. The molecular formula is C20H28N4O3. The zero-order valence-electron chi connectivity index (χ0n) is 16.5. The third-order valence-corrected chi connectivity index (χ3v) is 4.94. The number of hydrogen-bond acceptors (Lipinski definition) is 5. The topological polar surface area (TPSA) is 86.1 Å². The van der Waals surface area contributed by atoms with E-state index in [0.29, 0.717) is 16.6 Å². The van der Waals surface area contributed by atoms with E-state index in [1.54, 1.807) is 16.9 Å². The lowest BCUT2D eigenvalue weighted by Crippen LogP contribution is -2.35. The number of rotatable bonds is 6. The van der Waals surface area contributed by atoms with E-state index in [2.05, 4.69) is 15.4 Å². The van der Waals surface area contributed by atoms with Gasteiger partial charge in [0, 0.05) is 17.8 Å². The summed E-state index contributed by atoms with van der Waals surface area (Å²) in [6.07, 6.45) is 5.91. The average Bonchev–Trinajstić information content (AvgIpc) is 3.27. The van der Waals surface area contributed by atoms with Crippen molar-refractivity contribution in [1.29, 1.82) is 0 Å². The summed E-state index contributed by atoms with van der Waals surface area (Å²) in [7, 11) is 0. The quantitative estimate of drug-likeness (QED) is 0.786. The molecule has 0 unspecified atom stereocenters. The summed E-state index contributed by atoms with van der Waals surface area (Å²) < 4.78 is 7.09. The normalized spacial score (nSPS) is 15.0. The molecule has 1 saturated carbocycles. The van der Waals surface area contributed by atoms with Crippen molar-refractivity contribution < 1.29 is 14.3 Å². The average molecular weight is 372 g/mol. The van der Waals surface area contributed by atoms with Gasteiger partial charge < -0.3 is 10.1 Å². The number of nitrogens with one attached hydrogen (secondary N) is 1. The Labute approximate surface area is 159 Å². The van der Waals surface area contributed by atoms with E-state index < -0.39 is 5.97 Å². The summed E-state index contributed by atoms with van der Waals surface area (Å²) in [6, 6.07) is 2.08. The van der Waals surface area contributed by atoms with Crippen LogP contribution in [0.1, 0.15) is 81.4 Å². The Morgan fingerprint density at radius 3 is 2.59 bits per heavy atom. The highest BCUT2D eigenvalue weighted by atomic mass is 16.5. The maximum absolute atomic E-state index is 12.7. The van der Waals surface area contributed by atoms with Crippen molar-refractivity contribution in [2.24, 2.45) is 0 Å². The molecule has 146 valence electrons. The molecule has 1 aliphatic carbocycles. The fraction of sp³-hybridized carbons (Fsp3) is 0.600. The predicted molar refractivity (Wildman–Crippen MR) is 103 cm³/mol. The summed E-state index contributed by atoms with van der Waals surface area (Å²) in [5, 5.41) is 7.94. The molecule has 0 spiro atoms. The molecule has 1 aliphatic rings. The highest BCUT2D eigenvalue weighted by Crippen LogP contribution is 2.25. The minimum atomic E-state index is -0.519. The number of hydrogen-bond donors (Lipinski definition) is 1. The first-order valence-corrected chi connectivity index (χ1v) is 9.71. The fourth-order valence-corrected chi connectivity index (χ4v) is 3.43. The Balaban J connectivity index is 1.79. The lowest BCUT2D eigenvalue weighted by molar-refractivity contribution is -0.124. The molecule has 0 atom stereocenters. The smallest absolute Gasteiger partial charge is 0.339 e. The first-order valence-electron chi connectivity index (χ1n) is 9.71. The van der Waals surface area contributed by atoms with Crippen LogP contribution in [-0.4, -0.2) is 39.3 Å². The number of aromatic nitrogens is 3. The van der Waals surface area contributed by atoms with Gasteiger partial charge in [-0.2, -0.15) is 5.10 Å². The Morgan fingerprint density at radius 2 is 1.96 bits per heavy atom. The molecule has 7 heteroatoms.